The molecule has 4 aliphatic heterocycles. The van der Waals surface area contributed by atoms with Crippen molar-refractivity contribution in [2.45, 2.75) is 114 Å². The first kappa shape index (κ1) is 80.0. The standard InChI is InChI=1S/C64H69N15O18S5.C2HF3O2/c1-26(80)43-56(87)75-44(27(2)92-9)59-71-37(25-100-59)55(86)76-47-49-50(97-41-16-64(4,90)51(78(7)8)28(3)96-41)63(89)94-18-29-11-10-12-38-42(29)31(19-93-49)48(79(38)91)62(88)95-20-32(67-53(84)35-24-102-61(47)72-35)58-68-33(21-99-58)45-30(57-69-36(23-98-57)54(85)74-43)15-39(81)46(73-45)60-70-34(22-101-60)52(83)66-14-13-65-40(82)17-77(5)6;3-2(4,5)1(6)7/h10-12,15,21-26,28,32,41,43,47,49-51,80-81,90-91H,13-14,16-20H2,1-9H3,(H,65,82)(H,66,83)(H,67,84)(H,74,85)(H,75,87)(H,76,86);(H,6,7)/b44-27+;/t26-,28+,32+,41+,43+,47+,49+,50+,51-,64+;/m1./s1. The van der Waals surface area contributed by atoms with Crippen LogP contribution in [0.5, 0.6) is 5.75 Å². The van der Waals surface area contributed by atoms with Gasteiger partial charge in [-0.15, -0.1) is 56.7 Å². The van der Waals surface area contributed by atoms with E-state index in [1.54, 1.807) is 69.4 Å². The highest BCUT2D eigenvalue weighted by molar-refractivity contribution is 7.14. The third-order valence-corrected chi connectivity index (χ3v) is 21.7. The Bertz CT molecular complexity index is 4870. The van der Waals surface area contributed by atoms with Crippen molar-refractivity contribution in [3.8, 4) is 38.4 Å². The van der Waals surface area contributed by atoms with Gasteiger partial charge in [0.1, 0.15) is 120 Å². The molecule has 0 spiro atoms. The van der Waals surface area contributed by atoms with Crippen LogP contribution in [-0.2, 0) is 60.8 Å². The molecule has 0 saturated carbocycles. The van der Waals surface area contributed by atoms with E-state index in [1.807, 2.05) is 0 Å². The molecule has 11 N–H and O–H groups in total. The van der Waals surface area contributed by atoms with Crippen LogP contribution >= 0.6 is 56.7 Å². The number of aromatic hydroxyl groups is 1. The highest BCUT2D eigenvalue weighted by Crippen LogP contribution is 2.43. The van der Waals surface area contributed by atoms with Crippen molar-refractivity contribution in [1.82, 2.24) is 76.3 Å². The molecular formula is C66H70F3N15O20S5. The van der Waals surface area contributed by atoms with Gasteiger partial charge in [-0.3, -0.25) is 28.8 Å². The molecule has 8 aromatic rings. The lowest BCUT2D eigenvalue weighted by molar-refractivity contribution is -0.280. The van der Waals surface area contributed by atoms with Crippen LogP contribution in [0.4, 0.5) is 13.2 Å². The van der Waals surface area contributed by atoms with E-state index in [4.69, 9.17) is 53.3 Å². The minimum atomic E-state index is -5.08. The van der Waals surface area contributed by atoms with Crippen LogP contribution in [0.25, 0.3) is 49.3 Å². The van der Waals surface area contributed by atoms with Crippen LogP contribution in [0.1, 0.15) is 125 Å². The fourth-order valence-electron chi connectivity index (χ4n) is 12.3. The fraction of sp³-hybridized carbons (Fsp3) is 0.409. The Morgan fingerprint density at radius 3 is 2.13 bits per heavy atom. The number of likely N-dealkylation sites (N-methyl/N-ethyl adjacent to an activating group) is 2. The van der Waals surface area contributed by atoms with Gasteiger partial charge in [-0.1, -0.05) is 12.1 Å². The maximum absolute atomic E-state index is 15.2. The summed E-state index contributed by atoms with van der Waals surface area (Å²) in [6.07, 6.45) is -12.6. The molecule has 10 atom stereocenters. The van der Waals surface area contributed by atoms with Crippen LogP contribution in [0.2, 0.25) is 0 Å². The number of halogens is 3. The first-order valence-corrected chi connectivity index (χ1v) is 37.2. The summed E-state index contributed by atoms with van der Waals surface area (Å²) in [6, 6.07) is 0.731. The molecule has 109 heavy (non-hydrogen) atoms. The molecule has 35 nitrogen and oxygen atoms in total. The number of esters is 2. The SMILES string of the molecule is CO/C(C)=C1/NC(=O)[C@H]([C@@H](C)O)NC(=O)c2csc(n2)-c2cc(O)c(-c3nc(C(=O)NCCNC(=O)CN(C)C)cs3)nc2-c2csc(n2)[C@@H]2COC(=O)c3c4c5c(cccc5n3O)COC(=O)[C@@H](O[C@H]3C[C@](C)(O)[C@H](N(C)C)[C@H](C)O3)[C@@H](OC4)[C@H](NC(=O)c3csc1n3)c1nc(cs1)C(=O)N2.O=C(O)C(F)(F)F. The number of carboxylic acid groups (broad SMARTS) is 1. The number of aliphatic carboxylic acids is 1. The number of carbonyl (C=O) groups excluding carboxylic acids is 8. The lowest BCUT2D eigenvalue weighted by atomic mass is 9.85. The molecule has 12 bridgehead atoms. The number of aliphatic hydroxyl groups is 2. The fourth-order valence-corrected chi connectivity index (χ4v) is 16.5. The number of amides is 6. The molecule has 1 saturated heterocycles. The van der Waals surface area contributed by atoms with Crippen LogP contribution in [-0.4, -0.2) is 240 Å². The molecule has 0 radical (unpaired) electrons. The zero-order chi connectivity index (χ0) is 78.8. The van der Waals surface area contributed by atoms with Gasteiger partial charge in [0, 0.05) is 62.9 Å². The van der Waals surface area contributed by atoms with Crippen molar-refractivity contribution in [3.05, 3.63) is 112 Å². The van der Waals surface area contributed by atoms with Gasteiger partial charge in [0.25, 0.3) is 23.6 Å². The third-order valence-electron chi connectivity index (χ3n) is 17.2. The maximum Gasteiger partial charge on any atom is 0.490 e. The summed E-state index contributed by atoms with van der Waals surface area (Å²) in [5.41, 5.74) is -2.46. The van der Waals surface area contributed by atoms with Gasteiger partial charge in [0.05, 0.1) is 49.6 Å². The van der Waals surface area contributed by atoms with Crippen LogP contribution in [0.15, 0.2) is 56.9 Å². The second-order valence-corrected chi connectivity index (χ2v) is 30.0. The van der Waals surface area contributed by atoms with Crippen molar-refractivity contribution in [1.29, 1.82) is 0 Å². The Kier molecular flexibility index (Phi) is 24.2. The molecule has 580 valence electrons. The van der Waals surface area contributed by atoms with E-state index >= 15 is 19.2 Å². The number of nitrogens with zero attached hydrogens (tertiary/aromatic N) is 9. The summed E-state index contributed by atoms with van der Waals surface area (Å²) in [4.78, 5) is 156. The Morgan fingerprint density at radius 2 is 1.45 bits per heavy atom. The van der Waals surface area contributed by atoms with E-state index in [0.717, 1.165) is 56.7 Å². The number of nitrogens with one attached hydrogen (secondary N) is 6. The average Bonchev–Trinajstić information content (AvgIpc) is 1.61. The van der Waals surface area contributed by atoms with Gasteiger partial charge in [0.2, 0.25) is 11.8 Å². The van der Waals surface area contributed by atoms with Crippen molar-refractivity contribution < 1.29 is 110 Å². The van der Waals surface area contributed by atoms with Crippen LogP contribution in [0.3, 0.4) is 0 Å². The van der Waals surface area contributed by atoms with Crippen molar-refractivity contribution in [2.24, 2.45) is 0 Å². The number of benzene rings is 1. The number of allylic oxidation sites excluding steroid dienone is 1. The van der Waals surface area contributed by atoms with Gasteiger partial charge in [-0.25, -0.2) is 44.3 Å². The molecule has 43 heteroatoms. The Morgan fingerprint density at radius 1 is 0.817 bits per heavy atom. The Labute approximate surface area is 635 Å². The van der Waals surface area contributed by atoms with E-state index in [2.05, 4.69) is 46.9 Å². The summed E-state index contributed by atoms with van der Waals surface area (Å²) in [6.45, 7) is 4.62. The van der Waals surface area contributed by atoms with E-state index in [1.165, 1.54) is 54.6 Å². The molecule has 12 rings (SSSR count). The number of aliphatic hydroxyl groups excluding tert-OH is 1. The number of thiazole rings is 5. The number of carboxylic acids is 1. The summed E-state index contributed by atoms with van der Waals surface area (Å²) in [7, 11) is 8.34. The second-order valence-electron chi connectivity index (χ2n) is 25.7. The van der Waals surface area contributed by atoms with Crippen molar-refractivity contribution in [2.75, 3.05) is 61.5 Å². The number of hydrogen-bond donors (Lipinski definition) is 11. The predicted octanol–water partition coefficient (Wildman–Crippen LogP) is 4.20. The normalized spacial score (nSPS) is 22.8. The molecule has 0 aliphatic carbocycles. The quantitative estimate of drug-likeness (QED) is 0.0353. The number of methoxy groups -OCH3 is 1. The average molecular weight is 1610 g/mol. The van der Waals surface area contributed by atoms with E-state index in [-0.39, 0.29) is 130 Å². The smallest absolute Gasteiger partial charge is 0.490 e. The summed E-state index contributed by atoms with van der Waals surface area (Å²) >= 11 is 4.61. The lowest BCUT2D eigenvalue weighted by Gasteiger charge is -2.48. The number of cyclic esters (lactones) is 2. The van der Waals surface area contributed by atoms with Crippen molar-refractivity contribution >= 4 is 127 Å². The first-order valence-electron chi connectivity index (χ1n) is 32.8. The van der Waals surface area contributed by atoms with E-state index < -0.39 is 145 Å². The highest BCUT2D eigenvalue weighted by atomic mass is 32.1. The minimum absolute atomic E-state index is 0.00872. The Hall–Kier alpha value is -10.1. The first-order chi connectivity index (χ1) is 51.6. The third kappa shape index (κ3) is 17.7. The Balaban J connectivity index is 0.00000161. The van der Waals surface area contributed by atoms with Crippen LogP contribution in [0, 0.1) is 0 Å². The molecule has 11 heterocycles. The molecule has 6 amide bonds. The minimum Gasteiger partial charge on any atom is -0.506 e. The highest BCUT2D eigenvalue weighted by Gasteiger charge is 2.50. The van der Waals surface area contributed by atoms with Gasteiger partial charge in [-0.05, 0) is 73.6 Å². The molecule has 0 unspecified atom stereocenters. The number of ether oxygens (including phenoxy) is 6. The summed E-state index contributed by atoms with van der Waals surface area (Å²) in [5.74, 6) is -9.90. The molecule has 4 aliphatic rings. The second kappa shape index (κ2) is 33.0. The summed E-state index contributed by atoms with van der Waals surface area (Å²) < 4.78 is 70.0. The lowest BCUT2D eigenvalue weighted by Crippen LogP contribution is -2.62. The van der Waals surface area contributed by atoms with Gasteiger partial charge < -0.3 is 95.8 Å². The molecule has 7 aromatic heterocycles. The zero-order valence-electron chi connectivity index (χ0n) is 58.9. The molecule has 1 fully saturated rings. The predicted molar refractivity (Wildman–Crippen MR) is 382 cm³/mol. The molecular weight excluding hydrogens is 1540 g/mol. The number of pyridine rings is 1. The number of carbonyl (C=O) groups is 9. The van der Waals surface area contributed by atoms with E-state index in [0.29, 0.717) is 10.3 Å². The van der Waals surface area contributed by atoms with Crippen molar-refractivity contribution in [3.63, 3.8) is 0 Å². The van der Waals surface area contributed by atoms with Gasteiger partial charge >= 0.3 is 24.1 Å². The topological polar surface area (TPSA) is 471 Å². The number of fused-ring (bicyclic) bond motifs is 15. The van der Waals surface area contributed by atoms with Gasteiger partial charge in [-0.2, -0.15) is 17.9 Å². The van der Waals surface area contributed by atoms with Crippen LogP contribution < -0.4 is 31.9 Å². The number of aromatic nitrogens is 7. The number of rotatable bonds is 12. The zero-order valence-corrected chi connectivity index (χ0v) is 63.0. The molecule has 1 aromatic carbocycles. The number of hydrogen-bond acceptors (Lipinski definition) is 32. The van der Waals surface area contributed by atoms with Gasteiger partial charge in [0.15, 0.2) is 18.1 Å². The largest absolute Gasteiger partial charge is 0.506 e. The number of alkyl halides is 3. The van der Waals surface area contributed by atoms with E-state index in [9.17, 15) is 52.9 Å². The monoisotopic (exact) mass is 1610 g/mol. The maximum atomic E-state index is 15.2. The summed E-state index contributed by atoms with van der Waals surface area (Å²) in [5, 5.41) is 78.3.